The summed E-state index contributed by atoms with van der Waals surface area (Å²) in [6.45, 7) is 1.53. The first-order valence-corrected chi connectivity index (χ1v) is 7.49. The van der Waals surface area contributed by atoms with Gasteiger partial charge in [-0.2, -0.15) is 5.10 Å². The van der Waals surface area contributed by atoms with Crippen LogP contribution in [0.25, 0.3) is 27.8 Å². The Kier molecular flexibility index (Phi) is 3.34. The second-order valence-corrected chi connectivity index (χ2v) is 5.60. The molecule has 0 spiro atoms. The maximum absolute atomic E-state index is 13.7. The Morgan fingerprint density at radius 2 is 1.88 bits per heavy atom. The first-order chi connectivity index (χ1) is 11.6. The Hall–Kier alpha value is -3.08. The van der Waals surface area contributed by atoms with Gasteiger partial charge in [-0.3, -0.25) is 4.98 Å². The molecule has 0 aliphatic heterocycles. The fourth-order valence-corrected chi connectivity index (χ4v) is 2.76. The molecule has 2 heterocycles. The number of hydrogen-bond acceptors (Lipinski definition) is 2. The van der Waals surface area contributed by atoms with Gasteiger partial charge in [-0.15, -0.1) is 0 Å². The van der Waals surface area contributed by atoms with Crippen molar-refractivity contribution in [2.24, 2.45) is 0 Å². The van der Waals surface area contributed by atoms with Gasteiger partial charge in [0.1, 0.15) is 0 Å². The lowest BCUT2D eigenvalue weighted by Crippen LogP contribution is -2.00. The van der Waals surface area contributed by atoms with Crippen molar-refractivity contribution >= 4 is 10.9 Å². The van der Waals surface area contributed by atoms with Gasteiger partial charge in [0, 0.05) is 23.2 Å². The second-order valence-electron chi connectivity index (χ2n) is 5.60. The molecule has 3 nitrogen and oxygen atoms in total. The zero-order valence-electron chi connectivity index (χ0n) is 12.9. The SMILES string of the molecule is Cc1cc(-n2ncc3cc(-c4ccccn4)ccc32)cc(F)c1F. The summed E-state index contributed by atoms with van der Waals surface area (Å²) >= 11 is 0. The average molecular weight is 321 g/mol. The summed E-state index contributed by atoms with van der Waals surface area (Å²) in [7, 11) is 0. The molecule has 4 rings (SSSR count). The maximum Gasteiger partial charge on any atom is 0.161 e. The van der Waals surface area contributed by atoms with Crippen LogP contribution >= 0.6 is 0 Å². The molecule has 0 radical (unpaired) electrons. The molecular formula is C19H13F2N3. The molecule has 0 amide bonds. The number of aryl methyl sites for hydroxylation is 1. The van der Waals surface area contributed by atoms with E-state index in [1.54, 1.807) is 23.1 Å². The van der Waals surface area contributed by atoms with Crippen molar-refractivity contribution in [3.05, 3.63) is 78.1 Å². The molecule has 0 N–H and O–H groups in total. The molecular weight excluding hydrogens is 308 g/mol. The van der Waals surface area contributed by atoms with Crippen LogP contribution in [-0.2, 0) is 0 Å². The van der Waals surface area contributed by atoms with E-state index in [0.717, 1.165) is 28.2 Å². The standard InChI is InChI=1S/C19H13F2N3/c1-12-8-15(10-16(20)19(12)21)24-18-6-5-13(9-14(18)11-23-24)17-4-2-3-7-22-17/h2-11H,1H3. The summed E-state index contributed by atoms with van der Waals surface area (Å²) in [5.41, 5.74) is 3.41. The molecule has 0 saturated heterocycles. The fourth-order valence-electron chi connectivity index (χ4n) is 2.76. The lowest BCUT2D eigenvalue weighted by atomic mass is 10.1. The van der Waals surface area contributed by atoms with E-state index in [4.69, 9.17) is 0 Å². The van der Waals surface area contributed by atoms with Crippen LogP contribution in [-0.4, -0.2) is 14.8 Å². The van der Waals surface area contributed by atoms with Gasteiger partial charge in [0.25, 0.3) is 0 Å². The molecule has 0 atom stereocenters. The van der Waals surface area contributed by atoms with E-state index in [1.807, 2.05) is 36.4 Å². The number of hydrogen-bond donors (Lipinski definition) is 0. The zero-order chi connectivity index (χ0) is 16.7. The fraction of sp³-hybridized carbons (Fsp3) is 0.0526. The largest absolute Gasteiger partial charge is 0.256 e. The molecule has 2 aromatic heterocycles. The summed E-state index contributed by atoms with van der Waals surface area (Å²) in [5.74, 6) is -1.70. The van der Waals surface area contributed by atoms with E-state index in [1.165, 1.54) is 6.92 Å². The molecule has 118 valence electrons. The third kappa shape index (κ3) is 2.34. The summed E-state index contributed by atoms with van der Waals surface area (Å²) in [5, 5.41) is 5.22. The predicted molar refractivity (Wildman–Crippen MR) is 89.0 cm³/mol. The molecule has 0 fully saturated rings. The van der Waals surface area contributed by atoms with Crippen LogP contribution in [0.1, 0.15) is 5.56 Å². The third-order valence-corrected chi connectivity index (χ3v) is 3.97. The third-order valence-electron chi connectivity index (χ3n) is 3.97. The number of benzene rings is 2. The Bertz CT molecular complexity index is 1020. The number of halogens is 2. The Labute approximate surface area is 137 Å². The van der Waals surface area contributed by atoms with Gasteiger partial charge in [0.15, 0.2) is 11.6 Å². The predicted octanol–water partition coefficient (Wildman–Crippen LogP) is 4.67. The van der Waals surface area contributed by atoms with Gasteiger partial charge in [0.2, 0.25) is 0 Å². The van der Waals surface area contributed by atoms with Gasteiger partial charge >= 0.3 is 0 Å². The first kappa shape index (κ1) is 14.5. The summed E-state index contributed by atoms with van der Waals surface area (Å²) in [6, 6.07) is 14.3. The van der Waals surface area contributed by atoms with E-state index >= 15 is 0 Å². The maximum atomic E-state index is 13.7. The average Bonchev–Trinajstić information content (AvgIpc) is 3.03. The molecule has 4 aromatic rings. The number of pyridine rings is 1. The van der Waals surface area contributed by atoms with Crippen LogP contribution in [0.3, 0.4) is 0 Å². The number of rotatable bonds is 2. The molecule has 0 aliphatic carbocycles. The van der Waals surface area contributed by atoms with E-state index < -0.39 is 11.6 Å². The molecule has 24 heavy (non-hydrogen) atoms. The lowest BCUT2D eigenvalue weighted by Gasteiger charge is -2.07. The minimum atomic E-state index is -0.876. The van der Waals surface area contributed by atoms with E-state index in [9.17, 15) is 8.78 Å². The topological polar surface area (TPSA) is 30.7 Å². The minimum absolute atomic E-state index is 0.249. The van der Waals surface area contributed by atoms with Crippen molar-refractivity contribution in [1.82, 2.24) is 14.8 Å². The van der Waals surface area contributed by atoms with Crippen molar-refractivity contribution in [3.8, 4) is 16.9 Å². The zero-order valence-corrected chi connectivity index (χ0v) is 12.9. The van der Waals surface area contributed by atoms with Crippen molar-refractivity contribution in [3.63, 3.8) is 0 Å². The van der Waals surface area contributed by atoms with Crippen molar-refractivity contribution in [1.29, 1.82) is 0 Å². The number of aromatic nitrogens is 3. The highest BCUT2D eigenvalue weighted by atomic mass is 19.2. The molecule has 0 aliphatic rings. The highest BCUT2D eigenvalue weighted by Crippen LogP contribution is 2.26. The Balaban J connectivity index is 1.84. The van der Waals surface area contributed by atoms with Gasteiger partial charge in [-0.1, -0.05) is 12.1 Å². The normalized spacial score (nSPS) is 11.1. The van der Waals surface area contributed by atoms with Crippen LogP contribution in [0.15, 0.2) is 60.9 Å². The Morgan fingerprint density at radius 3 is 2.62 bits per heavy atom. The molecule has 2 aromatic carbocycles. The van der Waals surface area contributed by atoms with Crippen LogP contribution < -0.4 is 0 Å². The number of nitrogens with zero attached hydrogens (tertiary/aromatic N) is 3. The van der Waals surface area contributed by atoms with Crippen LogP contribution in [0.5, 0.6) is 0 Å². The van der Waals surface area contributed by atoms with Crippen molar-refractivity contribution in [2.45, 2.75) is 6.92 Å². The summed E-state index contributed by atoms with van der Waals surface area (Å²) in [4.78, 5) is 4.34. The van der Waals surface area contributed by atoms with Gasteiger partial charge in [-0.25, -0.2) is 13.5 Å². The number of fused-ring (bicyclic) bond motifs is 1. The quantitative estimate of drug-likeness (QED) is 0.537. The second kappa shape index (κ2) is 5.53. The van der Waals surface area contributed by atoms with Gasteiger partial charge < -0.3 is 0 Å². The lowest BCUT2D eigenvalue weighted by molar-refractivity contribution is 0.502. The van der Waals surface area contributed by atoms with Gasteiger partial charge in [0.05, 0.1) is 23.1 Å². The molecule has 5 heteroatoms. The van der Waals surface area contributed by atoms with Crippen LogP contribution in [0.4, 0.5) is 8.78 Å². The van der Waals surface area contributed by atoms with Crippen LogP contribution in [0, 0.1) is 18.6 Å². The highest BCUT2D eigenvalue weighted by Gasteiger charge is 2.12. The van der Waals surface area contributed by atoms with E-state index in [2.05, 4.69) is 10.1 Å². The van der Waals surface area contributed by atoms with Gasteiger partial charge in [-0.05, 0) is 42.8 Å². The summed E-state index contributed by atoms with van der Waals surface area (Å²) in [6.07, 6.45) is 3.45. The highest BCUT2D eigenvalue weighted by molar-refractivity contribution is 5.85. The molecule has 0 unspecified atom stereocenters. The molecule has 0 bridgehead atoms. The smallest absolute Gasteiger partial charge is 0.161 e. The molecule has 0 saturated carbocycles. The minimum Gasteiger partial charge on any atom is -0.256 e. The van der Waals surface area contributed by atoms with E-state index in [0.29, 0.717) is 5.69 Å². The van der Waals surface area contributed by atoms with Crippen LogP contribution in [0.2, 0.25) is 0 Å². The van der Waals surface area contributed by atoms with Crippen molar-refractivity contribution in [2.75, 3.05) is 0 Å². The monoisotopic (exact) mass is 321 g/mol. The van der Waals surface area contributed by atoms with E-state index in [-0.39, 0.29) is 5.56 Å². The Morgan fingerprint density at radius 1 is 1.00 bits per heavy atom. The van der Waals surface area contributed by atoms with Crippen molar-refractivity contribution < 1.29 is 8.78 Å². The first-order valence-electron chi connectivity index (χ1n) is 7.49. The summed E-state index contributed by atoms with van der Waals surface area (Å²) < 4.78 is 28.8.